The number of anilines is 1. The highest BCUT2D eigenvalue weighted by molar-refractivity contribution is 9.10. The zero-order valence-electron chi connectivity index (χ0n) is 9.67. The van der Waals surface area contributed by atoms with Crippen LogP contribution in [0.3, 0.4) is 0 Å². The molecule has 0 bridgehead atoms. The van der Waals surface area contributed by atoms with Crippen molar-refractivity contribution in [2.24, 2.45) is 0 Å². The molecule has 1 aromatic rings. The van der Waals surface area contributed by atoms with Crippen LogP contribution in [-0.2, 0) is 10.0 Å². The molecule has 3 N–H and O–H groups in total. The maximum absolute atomic E-state index is 11.9. The molecule has 0 aliphatic rings. The second kappa shape index (κ2) is 6.10. The van der Waals surface area contributed by atoms with Crippen molar-refractivity contribution in [3.63, 3.8) is 0 Å². The SMILES string of the molecule is Nc1ccc(Br)cc1S(=O)(=O)NCCCC(F)(F)F. The van der Waals surface area contributed by atoms with Gasteiger partial charge in [0.05, 0.1) is 5.69 Å². The summed E-state index contributed by atoms with van der Waals surface area (Å²) in [5.41, 5.74) is 5.56. The number of benzene rings is 1. The minimum Gasteiger partial charge on any atom is -0.398 e. The van der Waals surface area contributed by atoms with Gasteiger partial charge in [-0.3, -0.25) is 0 Å². The highest BCUT2D eigenvalue weighted by Crippen LogP contribution is 2.23. The number of nitrogens with two attached hydrogens (primary N) is 1. The standard InChI is InChI=1S/C10H12BrF3N2O2S/c11-7-2-3-8(15)9(6-7)19(17,18)16-5-1-4-10(12,13)14/h2-3,6,16H,1,4-5,15H2. The Balaban J connectivity index is 2.69. The van der Waals surface area contributed by atoms with Crippen LogP contribution in [0.4, 0.5) is 18.9 Å². The summed E-state index contributed by atoms with van der Waals surface area (Å²) in [6.45, 7) is -0.298. The van der Waals surface area contributed by atoms with Gasteiger partial charge in [0, 0.05) is 17.4 Å². The van der Waals surface area contributed by atoms with Gasteiger partial charge in [-0.2, -0.15) is 13.2 Å². The van der Waals surface area contributed by atoms with Gasteiger partial charge in [0.25, 0.3) is 0 Å². The van der Waals surface area contributed by atoms with Gasteiger partial charge in [0.1, 0.15) is 4.90 Å². The molecular formula is C10H12BrF3N2O2S. The Hall–Kier alpha value is -0.800. The van der Waals surface area contributed by atoms with E-state index in [-0.39, 0.29) is 23.5 Å². The second-order valence-electron chi connectivity index (χ2n) is 3.80. The van der Waals surface area contributed by atoms with E-state index in [1.807, 2.05) is 0 Å². The smallest absolute Gasteiger partial charge is 0.389 e. The molecule has 1 aromatic carbocycles. The Morgan fingerprint density at radius 1 is 1.32 bits per heavy atom. The van der Waals surface area contributed by atoms with Gasteiger partial charge in [-0.25, -0.2) is 13.1 Å². The molecule has 0 aliphatic heterocycles. The number of nitrogens with one attached hydrogen (secondary N) is 1. The van der Waals surface area contributed by atoms with E-state index in [9.17, 15) is 21.6 Å². The Kier molecular flexibility index (Phi) is 5.22. The first kappa shape index (κ1) is 16.3. The number of hydrogen-bond acceptors (Lipinski definition) is 3. The van der Waals surface area contributed by atoms with Crippen LogP contribution >= 0.6 is 15.9 Å². The molecule has 0 heterocycles. The Bertz CT molecular complexity index is 546. The molecule has 1 rings (SSSR count). The maximum atomic E-state index is 11.9. The number of sulfonamides is 1. The second-order valence-corrected chi connectivity index (χ2v) is 6.45. The molecule has 108 valence electrons. The average molecular weight is 361 g/mol. The largest absolute Gasteiger partial charge is 0.398 e. The number of nitrogen functional groups attached to an aromatic ring is 1. The Morgan fingerprint density at radius 2 is 1.95 bits per heavy atom. The first-order chi connectivity index (χ1) is 8.62. The topological polar surface area (TPSA) is 72.2 Å². The third-order valence-electron chi connectivity index (χ3n) is 2.19. The summed E-state index contributed by atoms with van der Waals surface area (Å²) in [7, 11) is -3.90. The van der Waals surface area contributed by atoms with Crippen molar-refractivity contribution in [2.45, 2.75) is 23.9 Å². The zero-order chi connectivity index (χ0) is 14.7. The fourth-order valence-corrected chi connectivity index (χ4v) is 3.06. The lowest BCUT2D eigenvalue weighted by atomic mass is 10.3. The van der Waals surface area contributed by atoms with E-state index in [4.69, 9.17) is 5.73 Å². The number of hydrogen-bond donors (Lipinski definition) is 2. The minimum absolute atomic E-state index is 0.0338. The van der Waals surface area contributed by atoms with Gasteiger partial charge in [-0.05, 0) is 24.6 Å². The molecule has 0 aliphatic carbocycles. The molecule has 0 saturated heterocycles. The summed E-state index contributed by atoms with van der Waals surface area (Å²) in [5, 5.41) is 0. The molecule has 0 amide bonds. The average Bonchev–Trinajstić information content (AvgIpc) is 2.26. The molecule has 4 nitrogen and oxygen atoms in total. The first-order valence-corrected chi connectivity index (χ1v) is 7.51. The van der Waals surface area contributed by atoms with Crippen LogP contribution in [0.25, 0.3) is 0 Å². The lowest BCUT2D eigenvalue weighted by Gasteiger charge is -2.10. The third-order valence-corrected chi connectivity index (χ3v) is 4.20. The molecule has 0 radical (unpaired) electrons. The minimum atomic E-state index is -4.29. The van der Waals surface area contributed by atoms with Gasteiger partial charge in [0.15, 0.2) is 0 Å². The summed E-state index contributed by atoms with van der Waals surface area (Å²) in [6, 6.07) is 4.26. The zero-order valence-corrected chi connectivity index (χ0v) is 12.1. The lowest BCUT2D eigenvalue weighted by molar-refractivity contribution is -0.135. The quantitative estimate of drug-likeness (QED) is 0.626. The maximum Gasteiger partial charge on any atom is 0.389 e. The van der Waals surface area contributed by atoms with Crippen molar-refractivity contribution >= 4 is 31.6 Å². The van der Waals surface area contributed by atoms with E-state index in [2.05, 4.69) is 20.7 Å². The van der Waals surface area contributed by atoms with E-state index in [1.165, 1.54) is 12.1 Å². The van der Waals surface area contributed by atoms with Gasteiger partial charge in [0.2, 0.25) is 10.0 Å². The van der Waals surface area contributed by atoms with E-state index < -0.39 is 22.6 Å². The van der Waals surface area contributed by atoms with E-state index in [0.29, 0.717) is 4.47 Å². The van der Waals surface area contributed by atoms with E-state index >= 15 is 0 Å². The highest BCUT2D eigenvalue weighted by atomic mass is 79.9. The number of alkyl halides is 3. The van der Waals surface area contributed by atoms with Crippen molar-refractivity contribution in [2.75, 3.05) is 12.3 Å². The highest BCUT2D eigenvalue weighted by Gasteiger charge is 2.26. The van der Waals surface area contributed by atoms with Crippen molar-refractivity contribution < 1.29 is 21.6 Å². The summed E-state index contributed by atoms with van der Waals surface area (Å²) in [5.74, 6) is 0. The van der Waals surface area contributed by atoms with Crippen LogP contribution in [0, 0.1) is 0 Å². The molecule has 0 atom stereocenters. The van der Waals surface area contributed by atoms with Crippen LogP contribution in [0.2, 0.25) is 0 Å². The van der Waals surface area contributed by atoms with Crippen LogP contribution in [-0.4, -0.2) is 21.1 Å². The summed E-state index contributed by atoms with van der Waals surface area (Å²) < 4.78 is 62.0. The fourth-order valence-electron chi connectivity index (χ4n) is 1.31. The van der Waals surface area contributed by atoms with Crippen molar-refractivity contribution in [3.8, 4) is 0 Å². The molecule has 9 heteroatoms. The van der Waals surface area contributed by atoms with Crippen LogP contribution < -0.4 is 10.5 Å². The molecule has 0 fully saturated rings. The van der Waals surface area contributed by atoms with Crippen LogP contribution in [0.5, 0.6) is 0 Å². The van der Waals surface area contributed by atoms with Crippen molar-refractivity contribution in [3.05, 3.63) is 22.7 Å². The fraction of sp³-hybridized carbons (Fsp3) is 0.400. The predicted molar refractivity (Wildman–Crippen MR) is 69.0 cm³/mol. The third kappa shape index (κ3) is 5.37. The molecular weight excluding hydrogens is 349 g/mol. The van der Waals surface area contributed by atoms with E-state index in [0.717, 1.165) is 0 Å². The summed E-state index contributed by atoms with van der Waals surface area (Å²) in [4.78, 5) is -0.158. The Morgan fingerprint density at radius 3 is 2.53 bits per heavy atom. The Labute approximate surface area is 117 Å². The molecule has 0 saturated carbocycles. The molecule has 0 unspecified atom stereocenters. The lowest BCUT2D eigenvalue weighted by Crippen LogP contribution is -2.26. The van der Waals surface area contributed by atoms with Gasteiger partial charge < -0.3 is 5.73 Å². The molecule has 0 aromatic heterocycles. The van der Waals surface area contributed by atoms with Gasteiger partial charge in [-0.1, -0.05) is 15.9 Å². The summed E-state index contributed by atoms with van der Waals surface area (Å²) in [6.07, 6.45) is -5.65. The van der Waals surface area contributed by atoms with Gasteiger partial charge in [-0.15, -0.1) is 0 Å². The van der Waals surface area contributed by atoms with Crippen molar-refractivity contribution in [1.82, 2.24) is 4.72 Å². The van der Waals surface area contributed by atoms with Crippen molar-refractivity contribution in [1.29, 1.82) is 0 Å². The first-order valence-electron chi connectivity index (χ1n) is 5.23. The van der Waals surface area contributed by atoms with Crippen LogP contribution in [0.15, 0.2) is 27.6 Å². The predicted octanol–water partition coefficient (Wildman–Crippen LogP) is 2.65. The normalized spacial score (nSPS) is 12.6. The number of rotatable bonds is 5. The molecule has 19 heavy (non-hydrogen) atoms. The van der Waals surface area contributed by atoms with Crippen LogP contribution in [0.1, 0.15) is 12.8 Å². The monoisotopic (exact) mass is 360 g/mol. The summed E-state index contributed by atoms with van der Waals surface area (Å²) >= 11 is 3.10. The van der Waals surface area contributed by atoms with Gasteiger partial charge >= 0.3 is 6.18 Å². The number of halogens is 4. The molecule has 0 spiro atoms. The van der Waals surface area contributed by atoms with E-state index in [1.54, 1.807) is 6.07 Å².